The molecule has 0 nitrogen and oxygen atoms in total. The van der Waals surface area contributed by atoms with E-state index in [-0.39, 0.29) is 0 Å². The van der Waals surface area contributed by atoms with Gasteiger partial charge in [0.2, 0.25) is 0 Å². The molecule has 0 fully saturated rings. The van der Waals surface area contributed by atoms with Crippen molar-refractivity contribution in [2.24, 2.45) is 11.8 Å². The smallest absolute Gasteiger partial charge is 0.0353 e. The van der Waals surface area contributed by atoms with Gasteiger partial charge in [-0.25, -0.2) is 0 Å². The fraction of sp³-hybridized carbons (Fsp3) is 0.946. The first-order valence-corrected chi connectivity index (χ1v) is 17.8. The van der Waals surface area contributed by atoms with Crippen LogP contribution in [0.25, 0.3) is 0 Å². The van der Waals surface area contributed by atoms with E-state index in [9.17, 15) is 0 Å². The van der Waals surface area contributed by atoms with E-state index < -0.39 is 0 Å². The Labute approximate surface area is 237 Å². The van der Waals surface area contributed by atoms with Gasteiger partial charge in [-0.2, -0.15) is 0 Å². The van der Waals surface area contributed by atoms with E-state index in [2.05, 4.69) is 33.4 Å². The number of rotatable bonds is 32. The predicted octanol–water partition coefficient (Wildman–Crippen LogP) is 14.2. The van der Waals surface area contributed by atoms with Gasteiger partial charge in [-0.3, -0.25) is 0 Å². The maximum absolute atomic E-state index is 3.81. The first-order chi connectivity index (χ1) is 18.2. The maximum atomic E-state index is 3.81. The summed E-state index contributed by atoms with van der Waals surface area (Å²) in [5.74, 6) is 1.90. The highest BCUT2D eigenvalue weighted by Gasteiger charge is 2.06. The molecule has 0 N–H and O–H groups in total. The lowest BCUT2D eigenvalue weighted by molar-refractivity contribution is 0.390. The molecule has 0 bridgehead atoms. The quantitative estimate of drug-likeness (QED) is 0.0613. The van der Waals surface area contributed by atoms with Crippen LogP contribution in [-0.4, -0.2) is 0 Å². The van der Waals surface area contributed by atoms with Crippen LogP contribution < -0.4 is 0 Å². The van der Waals surface area contributed by atoms with Gasteiger partial charge in [0.25, 0.3) is 0 Å². The van der Waals surface area contributed by atoms with Crippen molar-refractivity contribution in [2.75, 3.05) is 0 Å². The summed E-state index contributed by atoms with van der Waals surface area (Å²) in [4.78, 5) is 0. The van der Waals surface area contributed by atoms with Crippen molar-refractivity contribution in [3.8, 4) is 0 Å². The van der Waals surface area contributed by atoms with Crippen LogP contribution in [0.3, 0.4) is 0 Å². The van der Waals surface area contributed by atoms with E-state index in [4.69, 9.17) is 0 Å². The largest absolute Gasteiger partial charge is 0.103 e. The minimum atomic E-state index is 0.946. The van der Waals surface area contributed by atoms with Crippen LogP contribution in [-0.2, 0) is 0 Å². The van der Waals surface area contributed by atoms with Gasteiger partial charge in [0.15, 0.2) is 0 Å². The summed E-state index contributed by atoms with van der Waals surface area (Å²) in [6.07, 6.45) is 45.6. The van der Waals surface area contributed by atoms with E-state index in [0.717, 1.165) is 11.8 Å². The summed E-state index contributed by atoms with van der Waals surface area (Å²) >= 11 is 0. The second-order valence-corrected chi connectivity index (χ2v) is 12.9. The van der Waals surface area contributed by atoms with Gasteiger partial charge in [0.05, 0.1) is 0 Å². The van der Waals surface area contributed by atoms with Crippen molar-refractivity contribution in [3.05, 3.63) is 12.7 Å². The molecule has 0 aliphatic heterocycles. The Hall–Kier alpha value is -0.260. The van der Waals surface area contributed by atoms with E-state index in [1.807, 2.05) is 0 Å². The molecular weight excluding hydrogens is 444 g/mol. The maximum Gasteiger partial charge on any atom is -0.0353 e. The first kappa shape index (κ1) is 36.7. The lowest BCUT2D eigenvalue weighted by atomic mass is 9.92. The average Bonchev–Trinajstić information content (AvgIpc) is 2.89. The van der Waals surface area contributed by atoms with Crippen LogP contribution in [0.2, 0.25) is 0 Å². The Balaban J connectivity index is 3.25. The van der Waals surface area contributed by atoms with E-state index in [0.29, 0.717) is 0 Å². The summed E-state index contributed by atoms with van der Waals surface area (Å²) in [7, 11) is 0. The highest BCUT2D eigenvalue weighted by Crippen LogP contribution is 2.22. The van der Waals surface area contributed by atoms with Gasteiger partial charge >= 0.3 is 0 Å². The minimum Gasteiger partial charge on any atom is -0.103 e. The molecule has 0 unspecified atom stereocenters. The van der Waals surface area contributed by atoms with E-state index in [1.54, 1.807) is 0 Å². The molecule has 0 aliphatic rings. The zero-order valence-electron chi connectivity index (χ0n) is 26.7. The highest BCUT2D eigenvalue weighted by molar-refractivity contribution is 4.65. The lowest BCUT2D eigenvalue weighted by Crippen LogP contribution is -1.99. The Morgan fingerprint density at radius 3 is 0.973 bits per heavy atom. The second kappa shape index (κ2) is 32.0. The zero-order chi connectivity index (χ0) is 27.1. The third-order valence-corrected chi connectivity index (χ3v) is 8.80. The van der Waals surface area contributed by atoms with Crippen molar-refractivity contribution >= 4 is 0 Å². The number of hydrogen-bond donors (Lipinski definition) is 0. The second-order valence-electron chi connectivity index (χ2n) is 12.9. The Morgan fingerprint density at radius 1 is 0.378 bits per heavy atom. The molecule has 0 aromatic heterocycles. The molecule has 222 valence electrons. The molecule has 0 heteroatoms. The number of hydrogen-bond acceptors (Lipinski definition) is 0. The summed E-state index contributed by atoms with van der Waals surface area (Å²) < 4.78 is 0. The topological polar surface area (TPSA) is 0 Å². The normalized spacial score (nSPS) is 13.2. The molecule has 0 radical (unpaired) electrons. The van der Waals surface area contributed by atoms with Crippen molar-refractivity contribution in [1.29, 1.82) is 0 Å². The fourth-order valence-electron chi connectivity index (χ4n) is 5.99. The van der Waals surface area contributed by atoms with Crippen LogP contribution in [0.1, 0.15) is 213 Å². The van der Waals surface area contributed by atoms with Gasteiger partial charge < -0.3 is 0 Å². The first-order valence-electron chi connectivity index (χ1n) is 17.8. The molecular formula is C37H74. The van der Waals surface area contributed by atoms with Crippen molar-refractivity contribution in [3.63, 3.8) is 0 Å². The van der Waals surface area contributed by atoms with Gasteiger partial charge in [-0.1, -0.05) is 207 Å². The van der Waals surface area contributed by atoms with Crippen LogP contribution in [0.4, 0.5) is 0 Å². The molecule has 0 saturated carbocycles. The van der Waals surface area contributed by atoms with Crippen LogP contribution in [0, 0.1) is 11.8 Å². The van der Waals surface area contributed by atoms with Gasteiger partial charge in [0.1, 0.15) is 0 Å². The standard InChI is InChI=1S/C37H74/c1-5-7-9-11-13-15-17-18-19-20-21-22-24-26-28-30-33-37(4)35-31-34-36(3)32-29-27-25-23-16-14-12-10-8-6-2/h6,36-37H,2,5,7-35H2,1,3-4H3/t36-,37+/m1/s1. The molecule has 0 aliphatic carbocycles. The van der Waals surface area contributed by atoms with E-state index in [1.165, 1.54) is 193 Å². The van der Waals surface area contributed by atoms with Crippen molar-refractivity contribution in [2.45, 2.75) is 213 Å². The Bertz CT molecular complexity index is 410. The Morgan fingerprint density at radius 2 is 0.649 bits per heavy atom. The molecule has 2 atom stereocenters. The molecule has 37 heavy (non-hydrogen) atoms. The highest BCUT2D eigenvalue weighted by atomic mass is 14.1. The monoisotopic (exact) mass is 519 g/mol. The molecule has 0 aromatic carbocycles. The predicted molar refractivity (Wildman–Crippen MR) is 173 cm³/mol. The molecule has 0 heterocycles. The summed E-state index contributed by atoms with van der Waals surface area (Å²) in [6, 6.07) is 0. The van der Waals surface area contributed by atoms with Crippen LogP contribution >= 0.6 is 0 Å². The lowest BCUT2D eigenvalue weighted by Gasteiger charge is -2.14. The molecule has 0 saturated heterocycles. The molecule has 0 rings (SSSR count). The Kier molecular flexibility index (Phi) is 31.7. The van der Waals surface area contributed by atoms with Crippen LogP contribution in [0.5, 0.6) is 0 Å². The van der Waals surface area contributed by atoms with E-state index >= 15 is 0 Å². The van der Waals surface area contributed by atoms with Crippen molar-refractivity contribution < 1.29 is 0 Å². The molecule has 0 spiro atoms. The van der Waals surface area contributed by atoms with Gasteiger partial charge in [-0.05, 0) is 24.7 Å². The van der Waals surface area contributed by atoms with Gasteiger partial charge in [0, 0.05) is 0 Å². The summed E-state index contributed by atoms with van der Waals surface area (Å²) in [5, 5.41) is 0. The third-order valence-electron chi connectivity index (χ3n) is 8.80. The fourth-order valence-corrected chi connectivity index (χ4v) is 5.99. The SMILES string of the molecule is C=CCCCCCCCCCC[C@@H](C)CCC[C@@H](C)CCCCCCCCCCCCCCCCCC. The third kappa shape index (κ3) is 31.9. The summed E-state index contributed by atoms with van der Waals surface area (Å²) in [6.45, 7) is 11.1. The molecule has 0 aromatic rings. The van der Waals surface area contributed by atoms with Crippen LogP contribution in [0.15, 0.2) is 12.7 Å². The number of allylic oxidation sites excluding steroid dienone is 1. The minimum absolute atomic E-state index is 0.946. The van der Waals surface area contributed by atoms with Gasteiger partial charge in [-0.15, -0.1) is 6.58 Å². The van der Waals surface area contributed by atoms with Crippen molar-refractivity contribution in [1.82, 2.24) is 0 Å². The summed E-state index contributed by atoms with van der Waals surface area (Å²) in [5.41, 5.74) is 0. The molecule has 0 amide bonds. The number of unbranched alkanes of at least 4 members (excludes halogenated alkanes) is 23. The zero-order valence-corrected chi connectivity index (χ0v) is 26.7. The average molecular weight is 519 g/mol.